The third-order valence-corrected chi connectivity index (χ3v) is 3.60. The van der Waals surface area contributed by atoms with Gasteiger partial charge in [-0.1, -0.05) is 45.4 Å². The molecule has 0 bridgehead atoms. The summed E-state index contributed by atoms with van der Waals surface area (Å²) in [4.78, 5) is 23.4. The summed E-state index contributed by atoms with van der Waals surface area (Å²) in [6, 6.07) is 4.51. The van der Waals surface area contributed by atoms with E-state index >= 15 is 0 Å². The molecule has 1 aromatic carbocycles. The first-order valence-corrected chi connectivity index (χ1v) is 7.90. The van der Waals surface area contributed by atoms with Gasteiger partial charge in [-0.25, -0.2) is 4.39 Å². The van der Waals surface area contributed by atoms with Crippen LogP contribution in [0.3, 0.4) is 0 Å². The molecule has 0 unspecified atom stereocenters. The molecule has 3 N–H and O–H groups in total. The summed E-state index contributed by atoms with van der Waals surface area (Å²) in [6.45, 7) is 2.16. The summed E-state index contributed by atoms with van der Waals surface area (Å²) in [5.41, 5.74) is 5.65. The summed E-state index contributed by atoms with van der Waals surface area (Å²) < 4.78 is 12.8. The molecular formula is C17H25FN2O2. The number of carbonyl (C=O) groups is 2. The first-order valence-electron chi connectivity index (χ1n) is 7.90. The Balaban J connectivity index is 2.41. The number of nitrogens with one attached hydrogen (secondary N) is 1. The fourth-order valence-corrected chi connectivity index (χ4v) is 2.26. The second-order valence-electron chi connectivity index (χ2n) is 5.49. The normalized spacial score (nSPS) is 11.9. The molecule has 2 amide bonds. The summed E-state index contributed by atoms with van der Waals surface area (Å²) in [5, 5.41) is 2.62. The number of unbranched alkanes of at least 4 members (excludes halogenated alkanes) is 5. The van der Waals surface area contributed by atoms with Crippen LogP contribution in [0.15, 0.2) is 24.3 Å². The molecule has 0 heterocycles. The highest BCUT2D eigenvalue weighted by Crippen LogP contribution is 2.09. The van der Waals surface area contributed by atoms with Crippen molar-refractivity contribution in [1.82, 2.24) is 5.32 Å². The van der Waals surface area contributed by atoms with Gasteiger partial charge in [0, 0.05) is 5.56 Å². The van der Waals surface area contributed by atoms with Crippen LogP contribution >= 0.6 is 0 Å². The lowest BCUT2D eigenvalue weighted by atomic mass is 10.0. The predicted octanol–water partition coefficient (Wildman–Crippen LogP) is 3.16. The fraction of sp³-hybridized carbons (Fsp3) is 0.529. The van der Waals surface area contributed by atoms with E-state index in [-0.39, 0.29) is 0 Å². The van der Waals surface area contributed by atoms with Crippen molar-refractivity contribution in [2.45, 2.75) is 57.9 Å². The molecule has 0 aliphatic heterocycles. The van der Waals surface area contributed by atoms with Gasteiger partial charge in [0.15, 0.2) is 0 Å². The van der Waals surface area contributed by atoms with E-state index in [2.05, 4.69) is 12.2 Å². The van der Waals surface area contributed by atoms with Crippen LogP contribution < -0.4 is 11.1 Å². The summed E-state index contributed by atoms with van der Waals surface area (Å²) in [6.07, 6.45) is 7.15. The number of hydrogen-bond donors (Lipinski definition) is 2. The van der Waals surface area contributed by atoms with Gasteiger partial charge in [0.25, 0.3) is 5.91 Å². The molecule has 0 fully saturated rings. The number of nitrogens with two attached hydrogens (primary N) is 1. The van der Waals surface area contributed by atoms with Crippen LogP contribution in [0.4, 0.5) is 4.39 Å². The van der Waals surface area contributed by atoms with Gasteiger partial charge in [-0.15, -0.1) is 0 Å². The van der Waals surface area contributed by atoms with Crippen molar-refractivity contribution >= 4 is 11.8 Å². The van der Waals surface area contributed by atoms with Crippen molar-refractivity contribution in [2.24, 2.45) is 5.73 Å². The Morgan fingerprint density at radius 2 is 1.68 bits per heavy atom. The second-order valence-corrected chi connectivity index (χ2v) is 5.49. The summed E-state index contributed by atoms with van der Waals surface area (Å²) in [5.74, 6) is -1.35. The van der Waals surface area contributed by atoms with Crippen LogP contribution in [0.25, 0.3) is 0 Å². The van der Waals surface area contributed by atoms with E-state index < -0.39 is 23.7 Å². The Labute approximate surface area is 131 Å². The number of carbonyl (C=O) groups excluding carboxylic acids is 2. The molecule has 0 aliphatic carbocycles. The van der Waals surface area contributed by atoms with Gasteiger partial charge in [-0.05, 0) is 30.7 Å². The quantitative estimate of drug-likeness (QED) is 0.652. The smallest absolute Gasteiger partial charge is 0.251 e. The Hall–Kier alpha value is -1.91. The summed E-state index contributed by atoms with van der Waals surface area (Å²) in [7, 11) is 0. The highest BCUT2D eigenvalue weighted by Gasteiger charge is 2.18. The monoisotopic (exact) mass is 308 g/mol. The van der Waals surface area contributed by atoms with E-state index in [1.807, 2.05) is 0 Å². The molecule has 0 spiro atoms. The molecule has 5 heteroatoms. The van der Waals surface area contributed by atoms with E-state index in [1.54, 1.807) is 0 Å². The first-order chi connectivity index (χ1) is 10.5. The second kappa shape index (κ2) is 9.92. The van der Waals surface area contributed by atoms with E-state index in [0.717, 1.165) is 19.3 Å². The zero-order valence-electron chi connectivity index (χ0n) is 13.1. The average molecular weight is 308 g/mol. The lowest BCUT2D eigenvalue weighted by Crippen LogP contribution is -2.44. The molecule has 0 saturated carbocycles. The third-order valence-electron chi connectivity index (χ3n) is 3.60. The molecule has 0 saturated heterocycles. The van der Waals surface area contributed by atoms with E-state index in [0.29, 0.717) is 12.0 Å². The number of hydrogen-bond acceptors (Lipinski definition) is 2. The molecule has 1 atom stereocenters. The molecule has 0 aliphatic rings. The van der Waals surface area contributed by atoms with Crippen molar-refractivity contribution in [2.75, 3.05) is 0 Å². The maximum atomic E-state index is 12.8. The van der Waals surface area contributed by atoms with Gasteiger partial charge in [0.1, 0.15) is 11.9 Å². The number of rotatable bonds is 10. The number of benzene rings is 1. The molecule has 0 radical (unpaired) electrons. The Morgan fingerprint density at radius 3 is 2.27 bits per heavy atom. The van der Waals surface area contributed by atoms with Crippen molar-refractivity contribution in [1.29, 1.82) is 0 Å². The third kappa shape index (κ3) is 6.70. The largest absolute Gasteiger partial charge is 0.368 e. The minimum absolute atomic E-state index is 0.315. The predicted molar refractivity (Wildman–Crippen MR) is 84.8 cm³/mol. The van der Waals surface area contributed by atoms with Crippen molar-refractivity contribution in [3.05, 3.63) is 35.6 Å². The molecule has 122 valence electrons. The van der Waals surface area contributed by atoms with Crippen LogP contribution in [-0.4, -0.2) is 17.9 Å². The van der Waals surface area contributed by atoms with Crippen LogP contribution in [0.1, 0.15) is 62.2 Å². The maximum Gasteiger partial charge on any atom is 0.251 e. The Morgan fingerprint density at radius 1 is 1.09 bits per heavy atom. The van der Waals surface area contributed by atoms with Crippen LogP contribution in [0.2, 0.25) is 0 Å². The highest BCUT2D eigenvalue weighted by molar-refractivity contribution is 5.97. The van der Waals surface area contributed by atoms with Crippen molar-refractivity contribution in [3.8, 4) is 0 Å². The minimum atomic E-state index is -0.677. The van der Waals surface area contributed by atoms with E-state index in [4.69, 9.17) is 5.73 Å². The molecule has 1 rings (SSSR count). The molecular weight excluding hydrogens is 283 g/mol. The number of primary amides is 1. The van der Waals surface area contributed by atoms with Gasteiger partial charge in [-0.3, -0.25) is 9.59 Å². The van der Waals surface area contributed by atoms with Crippen molar-refractivity contribution in [3.63, 3.8) is 0 Å². The highest BCUT2D eigenvalue weighted by atomic mass is 19.1. The Kier molecular flexibility index (Phi) is 8.18. The van der Waals surface area contributed by atoms with Crippen LogP contribution in [0.5, 0.6) is 0 Å². The molecule has 1 aromatic rings. The van der Waals surface area contributed by atoms with Gasteiger partial charge in [-0.2, -0.15) is 0 Å². The van der Waals surface area contributed by atoms with Gasteiger partial charge >= 0.3 is 0 Å². The molecule has 22 heavy (non-hydrogen) atoms. The average Bonchev–Trinajstić information content (AvgIpc) is 2.49. The number of halogens is 1. The molecule has 0 aromatic heterocycles. The first kappa shape index (κ1) is 18.1. The zero-order chi connectivity index (χ0) is 16.4. The fourth-order valence-electron chi connectivity index (χ4n) is 2.26. The summed E-state index contributed by atoms with van der Waals surface area (Å²) >= 11 is 0. The maximum absolute atomic E-state index is 12.8. The van der Waals surface area contributed by atoms with Crippen LogP contribution in [-0.2, 0) is 4.79 Å². The zero-order valence-corrected chi connectivity index (χ0v) is 13.1. The lowest BCUT2D eigenvalue weighted by Gasteiger charge is -2.15. The van der Waals surface area contributed by atoms with E-state index in [1.165, 1.54) is 43.5 Å². The SMILES string of the molecule is CCCCCCCC[C@H](NC(=O)c1ccc(F)cc1)C(N)=O. The minimum Gasteiger partial charge on any atom is -0.368 e. The van der Waals surface area contributed by atoms with Gasteiger partial charge in [0.2, 0.25) is 5.91 Å². The van der Waals surface area contributed by atoms with Gasteiger partial charge < -0.3 is 11.1 Å². The number of amides is 2. The topological polar surface area (TPSA) is 72.2 Å². The Bertz CT molecular complexity index is 474. The lowest BCUT2D eigenvalue weighted by molar-refractivity contribution is -0.120. The van der Waals surface area contributed by atoms with E-state index in [9.17, 15) is 14.0 Å². The standard InChI is InChI=1S/C17H25FN2O2/c1-2-3-4-5-6-7-8-15(16(19)21)20-17(22)13-9-11-14(18)12-10-13/h9-12,15H,2-8H2,1H3,(H2,19,21)(H,20,22)/t15-/m0/s1. The molecule has 4 nitrogen and oxygen atoms in total. The van der Waals surface area contributed by atoms with Crippen molar-refractivity contribution < 1.29 is 14.0 Å². The van der Waals surface area contributed by atoms with Gasteiger partial charge in [0.05, 0.1) is 0 Å². The van der Waals surface area contributed by atoms with Crippen LogP contribution in [0, 0.1) is 5.82 Å².